The van der Waals surface area contributed by atoms with E-state index in [0.717, 1.165) is 45.0 Å². The van der Waals surface area contributed by atoms with E-state index in [1.807, 2.05) is 12.1 Å². The second kappa shape index (κ2) is 13.1. The van der Waals surface area contributed by atoms with Crippen LogP contribution in [0.15, 0.2) is 206 Å². The molecule has 4 nitrogen and oxygen atoms in total. The summed E-state index contributed by atoms with van der Waals surface area (Å²) in [5.74, 6) is 0.694. The lowest BCUT2D eigenvalue weighted by molar-refractivity contribution is 1.16. The van der Waals surface area contributed by atoms with Gasteiger partial charge in [-0.1, -0.05) is 140 Å². The van der Waals surface area contributed by atoms with E-state index >= 15 is 0 Å². The molecule has 262 valence electrons. The van der Waals surface area contributed by atoms with Gasteiger partial charge in [0.05, 0.1) is 33.5 Å². The third-order valence-electron chi connectivity index (χ3n) is 10.9. The Morgan fingerprint density at radius 2 is 0.821 bits per heavy atom. The quantitative estimate of drug-likeness (QED) is 0.172. The summed E-state index contributed by atoms with van der Waals surface area (Å²) in [6, 6.07) is 73.1. The molecule has 8 aromatic carbocycles. The number of fused-ring (bicyclic) bond motifs is 7. The van der Waals surface area contributed by atoms with Crippen molar-refractivity contribution >= 4 is 43.6 Å². The molecule has 4 heteroatoms. The predicted octanol–water partition coefficient (Wildman–Crippen LogP) is 13.3. The minimum Gasteiger partial charge on any atom is -0.309 e. The van der Waals surface area contributed by atoms with Crippen LogP contribution in [0.2, 0.25) is 0 Å². The molecule has 3 heterocycles. The van der Waals surface area contributed by atoms with Crippen LogP contribution in [0.3, 0.4) is 0 Å². The smallest absolute Gasteiger partial charge is 0.160 e. The van der Waals surface area contributed by atoms with Crippen LogP contribution in [0.4, 0.5) is 0 Å². The van der Waals surface area contributed by atoms with Gasteiger partial charge >= 0.3 is 0 Å². The van der Waals surface area contributed by atoms with Crippen LogP contribution in [0.5, 0.6) is 0 Å². The molecular weight excluding hydrogens is 681 g/mol. The molecule has 0 aliphatic rings. The fourth-order valence-electron chi connectivity index (χ4n) is 8.34. The normalized spacial score (nSPS) is 11.6. The molecule has 0 unspecified atom stereocenters. The van der Waals surface area contributed by atoms with Crippen molar-refractivity contribution in [1.82, 2.24) is 19.1 Å². The predicted molar refractivity (Wildman–Crippen MR) is 232 cm³/mol. The third kappa shape index (κ3) is 5.23. The number of hydrogen-bond donors (Lipinski definition) is 0. The van der Waals surface area contributed by atoms with E-state index < -0.39 is 0 Å². The Bertz CT molecular complexity index is 3140. The highest BCUT2D eigenvalue weighted by molar-refractivity contribution is 6.26. The van der Waals surface area contributed by atoms with Crippen molar-refractivity contribution in [2.75, 3.05) is 0 Å². The van der Waals surface area contributed by atoms with Gasteiger partial charge in [-0.05, 0) is 77.9 Å². The van der Waals surface area contributed by atoms with Gasteiger partial charge in [0.2, 0.25) is 0 Å². The van der Waals surface area contributed by atoms with Crippen molar-refractivity contribution in [3.05, 3.63) is 206 Å². The van der Waals surface area contributed by atoms with Crippen molar-refractivity contribution in [3.8, 4) is 56.4 Å². The van der Waals surface area contributed by atoms with Crippen molar-refractivity contribution in [1.29, 1.82) is 0 Å². The first-order chi connectivity index (χ1) is 27.8. The Morgan fingerprint density at radius 1 is 0.304 bits per heavy atom. The molecule has 0 N–H and O–H groups in total. The highest BCUT2D eigenvalue weighted by Gasteiger charge is 2.21. The first-order valence-corrected chi connectivity index (χ1v) is 19.0. The topological polar surface area (TPSA) is 35.6 Å². The third-order valence-corrected chi connectivity index (χ3v) is 10.9. The van der Waals surface area contributed by atoms with Crippen molar-refractivity contribution in [2.24, 2.45) is 0 Å². The maximum absolute atomic E-state index is 5.12. The number of nitrogens with zero attached hydrogens (tertiary/aromatic N) is 4. The zero-order chi connectivity index (χ0) is 37.0. The van der Waals surface area contributed by atoms with E-state index in [2.05, 4.69) is 203 Å². The molecular formula is C52H34N4. The Morgan fingerprint density at radius 3 is 1.48 bits per heavy atom. The maximum atomic E-state index is 5.12. The van der Waals surface area contributed by atoms with Gasteiger partial charge < -0.3 is 9.13 Å². The fourth-order valence-corrected chi connectivity index (χ4v) is 8.34. The molecule has 11 rings (SSSR count). The molecule has 0 bridgehead atoms. The lowest BCUT2D eigenvalue weighted by Crippen LogP contribution is -1.98. The van der Waals surface area contributed by atoms with Crippen LogP contribution < -0.4 is 0 Å². The molecule has 0 fully saturated rings. The van der Waals surface area contributed by atoms with E-state index in [1.54, 1.807) is 0 Å². The lowest BCUT2D eigenvalue weighted by atomic mass is 10.0. The summed E-state index contributed by atoms with van der Waals surface area (Å²) in [4.78, 5) is 10.2. The maximum Gasteiger partial charge on any atom is 0.160 e. The second-order valence-corrected chi connectivity index (χ2v) is 14.2. The minimum atomic E-state index is 0.694. The Balaban J connectivity index is 1.15. The van der Waals surface area contributed by atoms with Crippen LogP contribution in [0.25, 0.3) is 100 Å². The molecule has 0 saturated carbocycles. The number of rotatable bonds is 6. The molecule has 0 radical (unpaired) electrons. The van der Waals surface area contributed by atoms with E-state index in [1.165, 1.54) is 49.2 Å². The van der Waals surface area contributed by atoms with Gasteiger partial charge in [-0.15, -0.1) is 0 Å². The summed E-state index contributed by atoms with van der Waals surface area (Å²) < 4.78 is 4.84. The van der Waals surface area contributed by atoms with E-state index in [0.29, 0.717) is 5.82 Å². The summed E-state index contributed by atoms with van der Waals surface area (Å²) in [7, 11) is 0. The van der Waals surface area contributed by atoms with Gasteiger partial charge in [-0.3, -0.25) is 0 Å². The highest BCUT2D eigenvalue weighted by Crippen LogP contribution is 2.43. The van der Waals surface area contributed by atoms with Gasteiger partial charge in [0.15, 0.2) is 5.82 Å². The SMILES string of the molecule is c1ccc(-c2ccc3c(c2)c2ccc4c(c5ccccc5n4-c4ccccc4)c2n3-c2ccc(-c3nc(-c4ccccc4)cc(-c4ccccc4)n3)cc2)cc1. The van der Waals surface area contributed by atoms with E-state index in [4.69, 9.17) is 9.97 Å². The average molecular weight is 715 g/mol. The first kappa shape index (κ1) is 31.9. The molecule has 0 atom stereocenters. The van der Waals surface area contributed by atoms with Crippen molar-refractivity contribution in [3.63, 3.8) is 0 Å². The molecule has 11 aromatic rings. The molecule has 0 saturated heterocycles. The Hall–Kier alpha value is -7.56. The monoisotopic (exact) mass is 714 g/mol. The summed E-state index contributed by atoms with van der Waals surface area (Å²) in [5, 5.41) is 4.89. The highest BCUT2D eigenvalue weighted by atomic mass is 15.0. The zero-order valence-corrected chi connectivity index (χ0v) is 30.4. The number of hydrogen-bond acceptors (Lipinski definition) is 2. The molecule has 0 aliphatic carbocycles. The Kier molecular flexibility index (Phi) is 7.46. The number of aromatic nitrogens is 4. The summed E-state index contributed by atoms with van der Waals surface area (Å²) in [6.07, 6.45) is 0. The molecule has 56 heavy (non-hydrogen) atoms. The van der Waals surface area contributed by atoms with Crippen LogP contribution in [0.1, 0.15) is 0 Å². The number of benzene rings is 8. The number of para-hydroxylation sites is 2. The van der Waals surface area contributed by atoms with Crippen LogP contribution in [0, 0.1) is 0 Å². The van der Waals surface area contributed by atoms with Crippen molar-refractivity contribution < 1.29 is 0 Å². The van der Waals surface area contributed by atoms with E-state index in [-0.39, 0.29) is 0 Å². The zero-order valence-electron chi connectivity index (χ0n) is 30.4. The van der Waals surface area contributed by atoms with Crippen LogP contribution in [-0.2, 0) is 0 Å². The first-order valence-electron chi connectivity index (χ1n) is 19.0. The van der Waals surface area contributed by atoms with Gasteiger partial charge in [0.25, 0.3) is 0 Å². The fraction of sp³-hybridized carbons (Fsp3) is 0. The largest absolute Gasteiger partial charge is 0.309 e. The second-order valence-electron chi connectivity index (χ2n) is 14.2. The van der Waals surface area contributed by atoms with Crippen molar-refractivity contribution in [2.45, 2.75) is 0 Å². The van der Waals surface area contributed by atoms with Crippen LogP contribution in [-0.4, -0.2) is 19.1 Å². The minimum absolute atomic E-state index is 0.694. The van der Waals surface area contributed by atoms with Crippen LogP contribution >= 0.6 is 0 Å². The van der Waals surface area contributed by atoms with Gasteiger partial charge in [-0.25, -0.2) is 9.97 Å². The Labute approximate surface area is 324 Å². The standard InChI is InChI=1S/C52H34N4/c1-5-15-35(16-6-1)39-27-31-48-44(33-39)42-30-32-49-50(43-23-13-14-24-47(43)55(49)40-21-11-4-12-22-40)51(42)56(48)41-28-25-38(26-29-41)52-53-45(36-17-7-2-8-18-36)34-46(54-52)37-19-9-3-10-20-37/h1-34H. The summed E-state index contributed by atoms with van der Waals surface area (Å²) in [5.41, 5.74) is 14.2. The molecule has 3 aromatic heterocycles. The molecule has 0 aliphatic heterocycles. The molecule has 0 amide bonds. The van der Waals surface area contributed by atoms with E-state index in [9.17, 15) is 0 Å². The summed E-state index contributed by atoms with van der Waals surface area (Å²) >= 11 is 0. The summed E-state index contributed by atoms with van der Waals surface area (Å²) in [6.45, 7) is 0. The molecule has 0 spiro atoms. The lowest BCUT2D eigenvalue weighted by Gasteiger charge is -2.12. The van der Waals surface area contributed by atoms with Gasteiger partial charge in [0, 0.05) is 49.6 Å². The van der Waals surface area contributed by atoms with Gasteiger partial charge in [0.1, 0.15) is 0 Å². The average Bonchev–Trinajstić information content (AvgIpc) is 3.80. The van der Waals surface area contributed by atoms with Gasteiger partial charge in [-0.2, -0.15) is 0 Å².